The molecule has 0 unspecified atom stereocenters. The molecule has 0 spiro atoms. The van der Waals surface area contributed by atoms with Crippen LogP contribution >= 0.6 is 0 Å². The molecule has 2 aromatic heterocycles. The number of hydrogen-bond donors (Lipinski definition) is 0. The van der Waals surface area contributed by atoms with Gasteiger partial charge in [-0.3, -0.25) is 14.2 Å². The van der Waals surface area contributed by atoms with Crippen molar-refractivity contribution in [3.63, 3.8) is 0 Å². The van der Waals surface area contributed by atoms with Crippen LogP contribution in [0.1, 0.15) is 30.1 Å². The zero-order valence-electron chi connectivity index (χ0n) is 12.2. The van der Waals surface area contributed by atoms with Gasteiger partial charge in [0.15, 0.2) is 0 Å². The lowest BCUT2D eigenvalue weighted by molar-refractivity contribution is 0.0681. The Bertz CT molecular complexity index is 582. The van der Waals surface area contributed by atoms with E-state index in [2.05, 4.69) is 15.4 Å². The van der Waals surface area contributed by atoms with E-state index in [4.69, 9.17) is 0 Å². The fourth-order valence-electron chi connectivity index (χ4n) is 2.74. The summed E-state index contributed by atoms with van der Waals surface area (Å²) in [5.41, 5.74) is 0.687. The standard InChI is InChI=1S/C14H20N6O/c1-2-19-11-13(9-16-19)14(21)18-6-3-12(4-7-18)10-20-8-5-15-17-20/h5,8-9,11-12H,2-4,6-7,10H2,1H3. The largest absolute Gasteiger partial charge is 0.339 e. The Morgan fingerprint density at radius 3 is 2.76 bits per heavy atom. The summed E-state index contributed by atoms with van der Waals surface area (Å²) in [4.78, 5) is 14.3. The van der Waals surface area contributed by atoms with Crippen molar-refractivity contribution < 1.29 is 4.79 Å². The zero-order chi connectivity index (χ0) is 14.7. The third-order valence-electron chi connectivity index (χ3n) is 4.02. The molecule has 0 radical (unpaired) electrons. The van der Waals surface area contributed by atoms with Gasteiger partial charge < -0.3 is 4.90 Å². The summed E-state index contributed by atoms with van der Waals surface area (Å²) in [5, 5.41) is 12.0. The number of hydrogen-bond acceptors (Lipinski definition) is 4. The second-order valence-corrected chi connectivity index (χ2v) is 5.45. The molecule has 1 aliphatic rings. The van der Waals surface area contributed by atoms with Crippen LogP contribution in [0.15, 0.2) is 24.8 Å². The number of amides is 1. The smallest absolute Gasteiger partial charge is 0.257 e. The Morgan fingerprint density at radius 1 is 1.33 bits per heavy atom. The first kappa shape index (κ1) is 13.8. The van der Waals surface area contributed by atoms with E-state index in [1.807, 2.05) is 28.9 Å². The van der Waals surface area contributed by atoms with Crippen LogP contribution in [0.3, 0.4) is 0 Å². The summed E-state index contributed by atoms with van der Waals surface area (Å²) in [6.07, 6.45) is 9.08. The molecule has 0 aliphatic carbocycles. The molecule has 1 saturated heterocycles. The van der Waals surface area contributed by atoms with Gasteiger partial charge >= 0.3 is 0 Å². The second kappa shape index (κ2) is 6.07. The van der Waals surface area contributed by atoms with Crippen LogP contribution in [-0.2, 0) is 13.1 Å². The van der Waals surface area contributed by atoms with E-state index in [0.717, 1.165) is 39.0 Å². The molecule has 3 rings (SSSR count). The third-order valence-corrected chi connectivity index (χ3v) is 4.02. The highest BCUT2D eigenvalue weighted by molar-refractivity contribution is 5.93. The number of rotatable bonds is 4. The minimum absolute atomic E-state index is 0.0916. The molecule has 3 heterocycles. The lowest BCUT2D eigenvalue weighted by atomic mass is 9.96. The summed E-state index contributed by atoms with van der Waals surface area (Å²) in [5.74, 6) is 0.656. The maximum absolute atomic E-state index is 12.4. The molecule has 112 valence electrons. The minimum Gasteiger partial charge on any atom is -0.339 e. The van der Waals surface area contributed by atoms with Gasteiger partial charge in [-0.25, -0.2) is 0 Å². The van der Waals surface area contributed by atoms with Crippen molar-refractivity contribution in [2.45, 2.75) is 32.9 Å². The molecule has 0 atom stereocenters. The average molecular weight is 288 g/mol. The number of aryl methyl sites for hydroxylation is 1. The molecule has 2 aromatic rings. The maximum Gasteiger partial charge on any atom is 0.257 e. The molecule has 1 fully saturated rings. The van der Waals surface area contributed by atoms with Crippen LogP contribution in [0, 0.1) is 5.92 Å². The Labute approximate surface area is 123 Å². The zero-order valence-corrected chi connectivity index (χ0v) is 12.2. The highest BCUT2D eigenvalue weighted by Gasteiger charge is 2.24. The average Bonchev–Trinajstić information content (AvgIpc) is 3.18. The van der Waals surface area contributed by atoms with Crippen LogP contribution < -0.4 is 0 Å². The predicted molar refractivity (Wildman–Crippen MR) is 76.6 cm³/mol. The molecule has 0 N–H and O–H groups in total. The van der Waals surface area contributed by atoms with Crippen LogP contribution in [0.5, 0.6) is 0 Å². The van der Waals surface area contributed by atoms with Crippen molar-refractivity contribution in [3.8, 4) is 0 Å². The van der Waals surface area contributed by atoms with Gasteiger partial charge in [0.25, 0.3) is 5.91 Å². The molecule has 1 aliphatic heterocycles. The number of piperidine rings is 1. The molecular formula is C14H20N6O. The van der Waals surface area contributed by atoms with Gasteiger partial charge in [-0.1, -0.05) is 5.21 Å². The summed E-state index contributed by atoms with van der Waals surface area (Å²) in [7, 11) is 0. The molecule has 7 heteroatoms. The lowest BCUT2D eigenvalue weighted by Gasteiger charge is -2.31. The van der Waals surface area contributed by atoms with Crippen molar-refractivity contribution in [2.24, 2.45) is 5.92 Å². The highest BCUT2D eigenvalue weighted by atomic mass is 16.2. The number of likely N-dealkylation sites (tertiary alicyclic amines) is 1. The van der Waals surface area contributed by atoms with E-state index in [9.17, 15) is 4.79 Å². The van der Waals surface area contributed by atoms with Gasteiger partial charge in [0.1, 0.15) is 0 Å². The van der Waals surface area contributed by atoms with Crippen molar-refractivity contribution in [2.75, 3.05) is 13.1 Å². The van der Waals surface area contributed by atoms with E-state index in [0.29, 0.717) is 11.5 Å². The van der Waals surface area contributed by atoms with Gasteiger partial charge in [-0.2, -0.15) is 5.10 Å². The van der Waals surface area contributed by atoms with E-state index >= 15 is 0 Å². The SMILES string of the molecule is CCn1cc(C(=O)N2CCC(Cn3ccnn3)CC2)cn1. The van der Waals surface area contributed by atoms with Gasteiger partial charge in [-0.05, 0) is 25.7 Å². The van der Waals surface area contributed by atoms with Crippen LogP contribution in [-0.4, -0.2) is 48.7 Å². The molecule has 0 saturated carbocycles. The maximum atomic E-state index is 12.4. The first-order valence-corrected chi connectivity index (χ1v) is 7.42. The molecule has 7 nitrogen and oxygen atoms in total. The highest BCUT2D eigenvalue weighted by Crippen LogP contribution is 2.20. The summed E-state index contributed by atoms with van der Waals surface area (Å²) in [6.45, 7) is 5.28. The van der Waals surface area contributed by atoms with Crippen LogP contribution in [0.4, 0.5) is 0 Å². The molecule has 0 bridgehead atoms. The first-order valence-electron chi connectivity index (χ1n) is 7.42. The molecule has 21 heavy (non-hydrogen) atoms. The summed E-state index contributed by atoms with van der Waals surface area (Å²) in [6, 6.07) is 0. The van der Waals surface area contributed by atoms with E-state index < -0.39 is 0 Å². The molecule has 0 aromatic carbocycles. The van der Waals surface area contributed by atoms with Crippen molar-refractivity contribution >= 4 is 5.91 Å². The third kappa shape index (κ3) is 3.12. The first-order chi connectivity index (χ1) is 10.3. The minimum atomic E-state index is 0.0916. The molecular weight excluding hydrogens is 268 g/mol. The predicted octanol–water partition coefficient (Wildman–Crippen LogP) is 1.05. The summed E-state index contributed by atoms with van der Waals surface area (Å²) >= 11 is 0. The number of carbonyl (C=O) groups is 1. The van der Waals surface area contributed by atoms with E-state index in [1.165, 1.54) is 0 Å². The van der Waals surface area contributed by atoms with E-state index in [1.54, 1.807) is 17.1 Å². The summed E-state index contributed by atoms with van der Waals surface area (Å²) < 4.78 is 3.65. The van der Waals surface area contributed by atoms with Crippen molar-refractivity contribution in [3.05, 3.63) is 30.4 Å². The van der Waals surface area contributed by atoms with Gasteiger partial charge in [0.2, 0.25) is 0 Å². The Morgan fingerprint density at radius 2 is 2.14 bits per heavy atom. The lowest BCUT2D eigenvalue weighted by Crippen LogP contribution is -2.39. The van der Waals surface area contributed by atoms with Gasteiger partial charge in [0, 0.05) is 38.6 Å². The number of aromatic nitrogens is 5. The Kier molecular flexibility index (Phi) is 3.98. The Hall–Kier alpha value is -2.18. The number of nitrogens with zero attached hydrogens (tertiary/aromatic N) is 6. The quantitative estimate of drug-likeness (QED) is 0.843. The number of carbonyl (C=O) groups excluding carboxylic acids is 1. The van der Waals surface area contributed by atoms with Gasteiger partial charge in [-0.15, -0.1) is 5.10 Å². The normalized spacial score (nSPS) is 16.3. The van der Waals surface area contributed by atoms with Crippen molar-refractivity contribution in [1.29, 1.82) is 0 Å². The second-order valence-electron chi connectivity index (χ2n) is 5.45. The van der Waals surface area contributed by atoms with Crippen LogP contribution in [0.25, 0.3) is 0 Å². The monoisotopic (exact) mass is 288 g/mol. The fraction of sp³-hybridized carbons (Fsp3) is 0.571. The Balaban J connectivity index is 1.54. The van der Waals surface area contributed by atoms with Gasteiger partial charge in [0.05, 0.1) is 18.0 Å². The van der Waals surface area contributed by atoms with Crippen LogP contribution in [0.2, 0.25) is 0 Å². The van der Waals surface area contributed by atoms with Crippen molar-refractivity contribution in [1.82, 2.24) is 29.7 Å². The fourth-order valence-corrected chi connectivity index (χ4v) is 2.74. The van der Waals surface area contributed by atoms with E-state index in [-0.39, 0.29) is 5.91 Å². The topological polar surface area (TPSA) is 68.8 Å². The molecule has 1 amide bonds.